The summed E-state index contributed by atoms with van der Waals surface area (Å²) in [5.74, 6) is -0.696. The van der Waals surface area contributed by atoms with Crippen molar-refractivity contribution in [2.24, 2.45) is 0 Å². The molecule has 1 atom stereocenters. The Morgan fingerprint density at radius 2 is 2.19 bits per heavy atom. The molecule has 2 N–H and O–H groups in total. The second-order valence-electron chi connectivity index (χ2n) is 4.39. The molecule has 0 aromatic heterocycles. The number of nitrogens with zero attached hydrogens (tertiary/aromatic N) is 1. The Labute approximate surface area is 128 Å². The Kier molecular flexibility index (Phi) is 6.20. The minimum atomic E-state index is -3.99. The fourth-order valence-corrected chi connectivity index (χ4v) is 3.64. The summed E-state index contributed by atoms with van der Waals surface area (Å²) in [5, 5.41) is 17.9. The van der Waals surface area contributed by atoms with Crippen molar-refractivity contribution in [3.8, 4) is 6.07 Å². The van der Waals surface area contributed by atoms with Crippen molar-refractivity contribution in [2.45, 2.75) is 24.3 Å². The molecule has 0 radical (unpaired) electrons. The van der Waals surface area contributed by atoms with Crippen LogP contribution in [-0.2, 0) is 14.8 Å². The highest BCUT2D eigenvalue weighted by Crippen LogP contribution is 2.17. The first-order valence-corrected chi connectivity index (χ1v) is 8.94. The molecular weight excluding hydrogens is 312 g/mol. The summed E-state index contributed by atoms with van der Waals surface area (Å²) in [4.78, 5) is 11.1. The van der Waals surface area contributed by atoms with Crippen LogP contribution in [0.5, 0.6) is 0 Å². The molecule has 8 heteroatoms. The zero-order valence-electron chi connectivity index (χ0n) is 11.7. The molecule has 21 heavy (non-hydrogen) atoms. The summed E-state index contributed by atoms with van der Waals surface area (Å²) in [6.07, 6.45) is 2.00. The third-order valence-corrected chi connectivity index (χ3v) is 5.07. The number of nitriles is 1. The van der Waals surface area contributed by atoms with Crippen LogP contribution < -0.4 is 4.72 Å². The first-order chi connectivity index (χ1) is 9.81. The number of nitrogens with one attached hydrogen (secondary N) is 1. The van der Waals surface area contributed by atoms with E-state index in [-0.39, 0.29) is 16.9 Å². The van der Waals surface area contributed by atoms with Crippen LogP contribution in [0.3, 0.4) is 0 Å². The van der Waals surface area contributed by atoms with Crippen LogP contribution in [0.4, 0.5) is 0 Å². The minimum absolute atomic E-state index is 0.0723. The largest absolute Gasteiger partial charge is 0.480 e. The highest BCUT2D eigenvalue weighted by atomic mass is 32.2. The van der Waals surface area contributed by atoms with Crippen LogP contribution >= 0.6 is 11.8 Å². The van der Waals surface area contributed by atoms with Gasteiger partial charge in [0.15, 0.2) is 0 Å². The van der Waals surface area contributed by atoms with Gasteiger partial charge in [-0.2, -0.15) is 21.7 Å². The van der Waals surface area contributed by atoms with Crippen LogP contribution in [-0.4, -0.2) is 37.5 Å². The number of carboxylic acids is 1. The second kappa shape index (κ2) is 7.45. The average molecular weight is 328 g/mol. The van der Waals surface area contributed by atoms with E-state index >= 15 is 0 Å². The van der Waals surface area contributed by atoms with E-state index in [1.807, 2.05) is 12.3 Å². The smallest absolute Gasteiger partial charge is 0.321 e. The number of carbonyl (C=O) groups is 1. The van der Waals surface area contributed by atoms with Gasteiger partial charge in [0, 0.05) is 0 Å². The van der Waals surface area contributed by atoms with E-state index in [9.17, 15) is 13.2 Å². The maximum Gasteiger partial charge on any atom is 0.321 e. The lowest BCUT2D eigenvalue weighted by atomic mass is 10.2. The van der Waals surface area contributed by atoms with Gasteiger partial charge in [-0.15, -0.1) is 0 Å². The van der Waals surface area contributed by atoms with Crippen molar-refractivity contribution >= 4 is 27.8 Å². The Bertz CT molecular complexity index is 665. The Hall–Kier alpha value is -1.56. The zero-order valence-corrected chi connectivity index (χ0v) is 13.3. The van der Waals surface area contributed by atoms with Gasteiger partial charge in [-0.3, -0.25) is 4.79 Å². The molecule has 0 aliphatic heterocycles. The van der Waals surface area contributed by atoms with Crippen LogP contribution in [0.1, 0.15) is 17.5 Å². The number of hydrogen-bond acceptors (Lipinski definition) is 5. The molecule has 0 unspecified atom stereocenters. The molecular formula is C13H16N2O4S2. The molecule has 0 spiro atoms. The molecule has 0 heterocycles. The van der Waals surface area contributed by atoms with Gasteiger partial charge in [-0.25, -0.2) is 8.42 Å². The van der Waals surface area contributed by atoms with Gasteiger partial charge in [0.1, 0.15) is 6.04 Å². The van der Waals surface area contributed by atoms with Gasteiger partial charge in [0.05, 0.1) is 16.5 Å². The van der Waals surface area contributed by atoms with Gasteiger partial charge in [-0.05, 0) is 43.0 Å². The summed E-state index contributed by atoms with van der Waals surface area (Å²) >= 11 is 1.44. The van der Waals surface area contributed by atoms with Crippen molar-refractivity contribution in [3.63, 3.8) is 0 Å². The Morgan fingerprint density at radius 3 is 2.71 bits per heavy atom. The summed E-state index contributed by atoms with van der Waals surface area (Å²) < 4.78 is 26.8. The topological polar surface area (TPSA) is 107 Å². The third kappa shape index (κ3) is 4.74. The highest BCUT2D eigenvalue weighted by Gasteiger charge is 2.26. The van der Waals surface area contributed by atoms with E-state index in [4.69, 9.17) is 10.4 Å². The summed E-state index contributed by atoms with van der Waals surface area (Å²) in [6, 6.07) is 4.95. The first-order valence-electron chi connectivity index (χ1n) is 6.06. The van der Waals surface area contributed by atoms with Gasteiger partial charge in [0.2, 0.25) is 10.0 Å². The molecule has 0 saturated heterocycles. The van der Waals surface area contributed by atoms with Crippen LogP contribution in [0.15, 0.2) is 23.1 Å². The number of benzene rings is 1. The van der Waals surface area contributed by atoms with Crippen molar-refractivity contribution < 1.29 is 18.3 Å². The summed E-state index contributed by atoms with van der Waals surface area (Å²) in [5.41, 5.74) is 0.660. The van der Waals surface area contributed by atoms with Crippen molar-refractivity contribution in [1.29, 1.82) is 5.26 Å². The fourth-order valence-electron chi connectivity index (χ4n) is 1.68. The van der Waals surface area contributed by atoms with Crippen LogP contribution in [0.25, 0.3) is 0 Å². The highest BCUT2D eigenvalue weighted by molar-refractivity contribution is 7.98. The molecule has 0 aliphatic rings. The van der Waals surface area contributed by atoms with Crippen molar-refractivity contribution in [3.05, 3.63) is 29.3 Å². The minimum Gasteiger partial charge on any atom is -0.480 e. The molecule has 0 fully saturated rings. The Morgan fingerprint density at radius 1 is 1.52 bits per heavy atom. The SMILES string of the molecule is CSCC[C@@H](NS(=O)(=O)c1cc(C#N)ccc1C)C(=O)O. The van der Waals surface area contributed by atoms with E-state index in [1.54, 1.807) is 6.92 Å². The number of aliphatic carboxylic acids is 1. The number of rotatable bonds is 7. The lowest BCUT2D eigenvalue weighted by Crippen LogP contribution is -2.41. The predicted molar refractivity (Wildman–Crippen MR) is 80.6 cm³/mol. The summed E-state index contributed by atoms with van der Waals surface area (Å²) in [6.45, 7) is 1.59. The third-order valence-electron chi connectivity index (χ3n) is 2.81. The number of hydrogen-bond donors (Lipinski definition) is 2. The maximum absolute atomic E-state index is 12.3. The Balaban J connectivity index is 3.10. The van der Waals surface area contributed by atoms with Gasteiger partial charge >= 0.3 is 5.97 Å². The fraction of sp³-hybridized carbons (Fsp3) is 0.385. The summed E-state index contributed by atoms with van der Waals surface area (Å²) in [7, 11) is -3.99. The van der Waals surface area contributed by atoms with E-state index in [2.05, 4.69) is 4.72 Å². The predicted octanol–water partition coefficient (Wildman–Crippen LogP) is 1.35. The normalized spacial score (nSPS) is 12.6. The molecule has 0 bridgehead atoms. The van der Waals surface area contributed by atoms with E-state index < -0.39 is 22.0 Å². The van der Waals surface area contributed by atoms with Crippen molar-refractivity contribution in [1.82, 2.24) is 4.72 Å². The average Bonchev–Trinajstić information content (AvgIpc) is 2.43. The van der Waals surface area contributed by atoms with Gasteiger partial charge in [0.25, 0.3) is 0 Å². The molecule has 0 amide bonds. The molecule has 0 saturated carbocycles. The number of thioether (sulfide) groups is 1. The van der Waals surface area contributed by atoms with Crippen molar-refractivity contribution in [2.75, 3.05) is 12.0 Å². The maximum atomic E-state index is 12.3. The molecule has 1 aromatic carbocycles. The lowest BCUT2D eigenvalue weighted by molar-refractivity contribution is -0.139. The number of carboxylic acid groups (broad SMARTS) is 1. The lowest BCUT2D eigenvalue weighted by Gasteiger charge is -2.15. The second-order valence-corrected chi connectivity index (χ2v) is 7.05. The molecule has 114 valence electrons. The van der Waals surface area contributed by atoms with E-state index in [1.165, 1.54) is 30.0 Å². The monoisotopic (exact) mass is 328 g/mol. The number of aryl methyl sites for hydroxylation is 1. The van der Waals surface area contributed by atoms with Gasteiger partial charge in [-0.1, -0.05) is 6.07 Å². The van der Waals surface area contributed by atoms with Gasteiger partial charge < -0.3 is 5.11 Å². The molecule has 1 rings (SSSR count). The molecule has 0 aliphatic carbocycles. The number of sulfonamides is 1. The molecule has 1 aromatic rings. The van der Waals surface area contributed by atoms with E-state index in [0.717, 1.165) is 0 Å². The quantitative estimate of drug-likeness (QED) is 0.782. The van der Waals surface area contributed by atoms with E-state index in [0.29, 0.717) is 11.3 Å². The zero-order chi connectivity index (χ0) is 16.0. The first kappa shape index (κ1) is 17.5. The van der Waals surface area contributed by atoms with Crippen LogP contribution in [0.2, 0.25) is 0 Å². The standard InChI is InChI=1S/C13H16N2O4S2/c1-9-3-4-10(8-14)7-12(9)21(18,19)15-11(13(16)17)5-6-20-2/h3-4,7,11,15H,5-6H2,1-2H3,(H,16,17)/t11-/m1/s1. The van der Waals surface area contributed by atoms with Crippen LogP contribution in [0, 0.1) is 18.3 Å². The molecule has 6 nitrogen and oxygen atoms in total.